The number of phosphoric ester groups is 1. The Hall–Kier alpha value is -3.07. The minimum atomic E-state index is -4.65. The molecule has 0 fully saturated rings. The molecule has 0 heterocycles. The van der Waals surface area contributed by atoms with Crippen molar-refractivity contribution in [3.05, 3.63) is 97.2 Å². The van der Waals surface area contributed by atoms with Crippen LogP contribution < -0.4 is 4.89 Å². The zero-order valence-electron chi connectivity index (χ0n) is 65.2. The Kier molecular flexibility index (Phi) is 75.6. The summed E-state index contributed by atoms with van der Waals surface area (Å²) in [7, 11) is 1.18. The third-order valence-corrected chi connectivity index (χ3v) is 19.6. The molecule has 0 bridgehead atoms. The number of rotatable bonds is 78. The summed E-state index contributed by atoms with van der Waals surface area (Å²) < 4.78 is 34.5. The van der Waals surface area contributed by atoms with Gasteiger partial charge in [0.2, 0.25) is 0 Å². The van der Waals surface area contributed by atoms with E-state index in [9.17, 15) is 19.0 Å². The second-order valence-corrected chi connectivity index (χ2v) is 30.9. The predicted octanol–water partition coefficient (Wildman–Crippen LogP) is 27.5. The number of quaternary nitrogens is 1. The zero-order chi connectivity index (χ0) is 71.1. The maximum Gasteiger partial charge on any atom is 0.306 e. The average molecular weight is 1390 g/mol. The van der Waals surface area contributed by atoms with E-state index in [0.717, 1.165) is 83.5 Å². The zero-order valence-corrected chi connectivity index (χ0v) is 66.1. The topological polar surface area (TPSA) is 111 Å². The number of likely N-dealkylation sites (N-methyl/N-ethyl adjacent to an activating group) is 1. The number of hydrogen-bond donors (Lipinski definition) is 0. The number of ether oxygens (including phenoxy) is 2. The van der Waals surface area contributed by atoms with Crippen molar-refractivity contribution >= 4 is 19.8 Å². The lowest BCUT2D eigenvalue weighted by molar-refractivity contribution is -0.870. The number of allylic oxidation sites excluding steroid dienone is 16. The van der Waals surface area contributed by atoms with Crippen molar-refractivity contribution in [2.24, 2.45) is 0 Å². The fraction of sp³-hybridized carbons (Fsp3) is 0.795. The molecule has 98 heavy (non-hydrogen) atoms. The van der Waals surface area contributed by atoms with E-state index in [1.54, 1.807) is 0 Å². The Labute approximate surface area is 608 Å². The Bertz CT molecular complexity index is 1980. The lowest BCUT2D eigenvalue weighted by atomic mass is 10.0. The summed E-state index contributed by atoms with van der Waals surface area (Å²) >= 11 is 0. The highest BCUT2D eigenvalue weighted by Gasteiger charge is 2.22. The number of unbranched alkanes of at least 4 members (excludes halogenated alkanes) is 48. The fourth-order valence-electron chi connectivity index (χ4n) is 12.2. The van der Waals surface area contributed by atoms with Crippen molar-refractivity contribution < 1.29 is 42.1 Å². The van der Waals surface area contributed by atoms with E-state index in [4.69, 9.17) is 18.5 Å². The number of carbonyl (C=O) groups excluding carboxylic acids is 2. The molecule has 0 aliphatic heterocycles. The van der Waals surface area contributed by atoms with E-state index in [1.165, 1.54) is 283 Å². The molecule has 2 atom stereocenters. The second kappa shape index (κ2) is 78.1. The number of phosphoric acid groups is 1. The number of carbonyl (C=O) groups is 2. The normalized spacial score (nSPS) is 13.5. The summed E-state index contributed by atoms with van der Waals surface area (Å²) in [5.74, 6) is -0.813. The molecule has 0 radical (unpaired) electrons. The van der Waals surface area contributed by atoms with Crippen molar-refractivity contribution in [1.82, 2.24) is 0 Å². The first-order chi connectivity index (χ1) is 48.0. The molecule has 0 aliphatic carbocycles. The largest absolute Gasteiger partial charge is 0.756 e. The molecule has 0 saturated carbocycles. The van der Waals surface area contributed by atoms with Gasteiger partial charge in [0.15, 0.2) is 6.10 Å². The van der Waals surface area contributed by atoms with Gasteiger partial charge in [-0.05, 0) is 96.3 Å². The molecular weight excluding hydrogens is 1230 g/mol. The molecule has 0 aromatic heterocycles. The minimum Gasteiger partial charge on any atom is -0.756 e. The van der Waals surface area contributed by atoms with Crippen LogP contribution in [-0.4, -0.2) is 70.0 Å². The molecule has 570 valence electrons. The summed E-state index contributed by atoms with van der Waals surface area (Å²) in [6.45, 7) is 4.18. The Morgan fingerprint density at radius 1 is 0.327 bits per heavy atom. The standard InChI is InChI=1S/C88H160NO8P/c1-6-8-10-12-14-16-18-20-22-24-26-28-30-32-34-36-38-40-42-43-44-45-47-49-51-53-55-57-59-61-63-65-67-69-71-73-75-77-79-81-88(91)97-86(85-96-98(92,93)95-83-82-89(3,4)5)84-94-87(90)80-78-76-74-72-70-68-66-64-62-60-58-56-54-52-50-48-46-41-39-37-35-33-31-29-27-25-23-21-19-17-15-13-11-9-7-2/h8,10,14,16,19-22,25-28,32,34,38,40,86H,6-7,9,11-13,15,17-18,23-24,29-31,33,35-37,39,41-85H2,1-5H3/b10-8-,16-14-,21-19-,22-20-,27-25-,28-26-,34-32-,40-38-. The van der Waals surface area contributed by atoms with Crippen LogP contribution in [0.3, 0.4) is 0 Å². The van der Waals surface area contributed by atoms with Gasteiger partial charge in [0.25, 0.3) is 7.82 Å². The fourth-order valence-corrected chi connectivity index (χ4v) is 13.0. The first kappa shape index (κ1) is 94.9. The number of esters is 2. The molecule has 0 saturated heterocycles. The van der Waals surface area contributed by atoms with E-state index in [2.05, 4.69) is 111 Å². The number of nitrogens with zero attached hydrogens (tertiary/aromatic N) is 1. The van der Waals surface area contributed by atoms with Crippen LogP contribution in [0.5, 0.6) is 0 Å². The van der Waals surface area contributed by atoms with E-state index in [0.29, 0.717) is 17.4 Å². The van der Waals surface area contributed by atoms with Crippen LogP contribution >= 0.6 is 7.82 Å². The molecule has 0 spiro atoms. The number of hydrogen-bond acceptors (Lipinski definition) is 8. The van der Waals surface area contributed by atoms with E-state index >= 15 is 0 Å². The lowest BCUT2D eigenvalue weighted by Gasteiger charge is -2.28. The Morgan fingerprint density at radius 2 is 0.582 bits per heavy atom. The quantitative estimate of drug-likeness (QED) is 0.0195. The molecule has 10 heteroatoms. The van der Waals surface area contributed by atoms with E-state index in [1.807, 2.05) is 21.1 Å². The van der Waals surface area contributed by atoms with Crippen molar-refractivity contribution in [2.45, 2.75) is 405 Å². The molecule has 0 aromatic carbocycles. The predicted molar refractivity (Wildman–Crippen MR) is 425 cm³/mol. The second-order valence-electron chi connectivity index (χ2n) is 29.5. The Balaban J connectivity index is 3.91. The van der Waals surface area contributed by atoms with Gasteiger partial charge in [0, 0.05) is 12.8 Å². The average Bonchev–Trinajstić information content (AvgIpc) is 1.23. The van der Waals surface area contributed by atoms with Crippen molar-refractivity contribution in [3.63, 3.8) is 0 Å². The maximum atomic E-state index is 12.9. The van der Waals surface area contributed by atoms with Gasteiger partial charge in [0.1, 0.15) is 19.8 Å². The smallest absolute Gasteiger partial charge is 0.306 e. The van der Waals surface area contributed by atoms with Crippen LogP contribution in [0.4, 0.5) is 0 Å². The maximum absolute atomic E-state index is 12.9. The van der Waals surface area contributed by atoms with Crippen LogP contribution in [0, 0.1) is 0 Å². The van der Waals surface area contributed by atoms with Gasteiger partial charge in [-0.25, -0.2) is 0 Å². The van der Waals surface area contributed by atoms with Gasteiger partial charge in [-0.2, -0.15) is 0 Å². The summed E-state index contributed by atoms with van der Waals surface area (Å²) in [5, 5.41) is 0. The first-order valence-corrected chi connectivity index (χ1v) is 43.4. The van der Waals surface area contributed by atoms with Gasteiger partial charge >= 0.3 is 11.9 Å². The van der Waals surface area contributed by atoms with Gasteiger partial charge in [0.05, 0.1) is 27.7 Å². The van der Waals surface area contributed by atoms with Crippen molar-refractivity contribution in [2.75, 3.05) is 47.5 Å². The van der Waals surface area contributed by atoms with E-state index in [-0.39, 0.29) is 32.0 Å². The molecular formula is C88H160NO8P. The highest BCUT2D eigenvalue weighted by Crippen LogP contribution is 2.38. The summed E-state index contributed by atoms with van der Waals surface area (Å²) in [5.41, 5.74) is 0. The van der Waals surface area contributed by atoms with E-state index < -0.39 is 26.5 Å². The van der Waals surface area contributed by atoms with Crippen LogP contribution in [0.1, 0.15) is 399 Å². The third-order valence-electron chi connectivity index (χ3n) is 18.6. The first-order valence-electron chi connectivity index (χ1n) is 41.9. The monoisotopic (exact) mass is 1390 g/mol. The highest BCUT2D eigenvalue weighted by atomic mass is 31.2. The van der Waals surface area contributed by atoms with Gasteiger partial charge in [-0.1, -0.05) is 387 Å². The molecule has 0 aliphatic rings. The van der Waals surface area contributed by atoms with Gasteiger partial charge in [-0.15, -0.1) is 0 Å². The van der Waals surface area contributed by atoms with Crippen LogP contribution in [0.2, 0.25) is 0 Å². The molecule has 9 nitrogen and oxygen atoms in total. The summed E-state index contributed by atoms with van der Waals surface area (Å²) in [4.78, 5) is 38.2. The molecule has 2 unspecified atom stereocenters. The molecule has 0 aromatic rings. The van der Waals surface area contributed by atoms with Crippen LogP contribution in [-0.2, 0) is 32.7 Å². The minimum absolute atomic E-state index is 0.0302. The van der Waals surface area contributed by atoms with Crippen LogP contribution in [0.15, 0.2) is 97.2 Å². The van der Waals surface area contributed by atoms with Crippen molar-refractivity contribution in [3.8, 4) is 0 Å². The molecule has 0 rings (SSSR count). The Morgan fingerprint density at radius 3 is 0.867 bits per heavy atom. The molecule has 0 N–H and O–H groups in total. The van der Waals surface area contributed by atoms with Gasteiger partial charge < -0.3 is 27.9 Å². The SMILES string of the molecule is CC/C=C\C/C=C\C/C=C\C/C=C\C/C=C\C/C=C\CCCCCCCCCCCCCCCCCCCCCCC(=O)OC(COC(=O)CCCCCCCCCCCCCCCCCCCCCCCCC/C=C\C/C=C\CCCCCCC)COP(=O)([O-])OCC[N+](C)(C)C. The van der Waals surface area contributed by atoms with Crippen LogP contribution in [0.25, 0.3) is 0 Å². The van der Waals surface area contributed by atoms with Crippen molar-refractivity contribution in [1.29, 1.82) is 0 Å². The van der Waals surface area contributed by atoms with Gasteiger partial charge in [-0.3, -0.25) is 14.2 Å². The molecule has 0 amide bonds. The highest BCUT2D eigenvalue weighted by molar-refractivity contribution is 7.45. The summed E-state index contributed by atoms with van der Waals surface area (Å²) in [6.07, 6.45) is 110. The third kappa shape index (κ3) is 81.9. The lowest BCUT2D eigenvalue weighted by Crippen LogP contribution is -2.37. The summed E-state index contributed by atoms with van der Waals surface area (Å²) in [6, 6.07) is 0.